The van der Waals surface area contributed by atoms with E-state index in [1.807, 2.05) is 0 Å². The zero-order valence-corrected chi connectivity index (χ0v) is 9.92. The van der Waals surface area contributed by atoms with Gasteiger partial charge in [0.05, 0.1) is 12.2 Å². The van der Waals surface area contributed by atoms with Crippen LogP contribution >= 0.6 is 0 Å². The van der Waals surface area contributed by atoms with Gasteiger partial charge in [-0.2, -0.15) is 0 Å². The van der Waals surface area contributed by atoms with Gasteiger partial charge in [0.1, 0.15) is 11.6 Å². The maximum absolute atomic E-state index is 13.2. The number of amides is 1. The van der Waals surface area contributed by atoms with Gasteiger partial charge >= 0.3 is 0 Å². The zero-order valence-electron chi connectivity index (χ0n) is 9.92. The van der Waals surface area contributed by atoms with E-state index in [-0.39, 0.29) is 5.56 Å². The van der Waals surface area contributed by atoms with Crippen LogP contribution in [0.25, 0.3) is 0 Å². The van der Waals surface area contributed by atoms with Crippen LogP contribution in [0.4, 0.5) is 8.78 Å². The lowest BCUT2D eigenvalue weighted by molar-refractivity contribution is 0.0939. The number of benzene rings is 1. The van der Waals surface area contributed by atoms with Gasteiger partial charge in [0, 0.05) is 25.8 Å². The summed E-state index contributed by atoms with van der Waals surface area (Å²) in [6, 6.07) is 2.84. The van der Waals surface area contributed by atoms with Crippen molar-refractivity contribution in [3.63, 3.8) is 0 Å². The van der Waals surface area contributed by atoms with Crippen molar-refractivity contribution >= 4 is 5.91 Å². The number of carbonyl (C=O) groups is 1. The molecule has 3 N–H and O–H groups in total. The second-order valence-electron chi connectivity index (χ2n) is 3.63. The summed E-state index contributed by atoms with van der Waals surface area (Å²) < 4.78 is 31.0. The lowest BCUT2D eigenvalue weighted by Crippen LogP contribution is -2.26. The molecule has 100 valence electrons. The van der Waals surface area contributed by atoms with Crippen LogP contribution in [0.15, 0.2) is 18.2 Å². The standard InChI is InChI=1S/C12H16F2N2O2/c13-9-2-3-10(11(14)8-9)12(17)16-5-1-6-18-7-4-15/h2-3,8H,1,4-7,15H2,(H,16,17). The van der Waals surface area contributed by atoms with E-state index in [0.29, 0.717) is 38.8 Å². The molecule has 0 spiro atoms. The summed E-state index contributed by atoms with van der Waals surface area (Å²) in [7, 11) is 0. The molecule has 0 saturated carbocycles. The molecule has 0 aromatic heterocycles. The van der Waals surface area contributed by atoms with Crippen molar-refractivity contribution in [1.29, 1.82) is 0 Å². The molecule has 1 aromatic rings. The molecule has 0 bridgehead atoms. The Kier molecular flexibility index (Phi) is 6.24. The summed E-state index contributed by atoms with van der Waals surface area (Å²) in [6.45, 7) is 1.76. The number of halogens is 2. The Morgan fingerprint density at radius 3 is 2.78 bits per heavy atom. The van der Waals surface area contributed by atoms with Crippen LogP contribution in [0.5, 0.6) is 0 Å². The summed E-state index contributed by atoms with van der Waals surface area (Å²) >= 11 is 0. The summed E-state index contributed by atoms with van der Waals surface area (Å²) in [4.78, 5) is 11.5. The molecular weight excluding hydrogens is 242 g/mol. The van der Waals surface area contributed by atoms with E-state index in [4.69, 9.17) is 10.5 Å². The molecule has 18 heavy (non-hydrogen) atoms. The third kappa shape index (κ3) is 4.77. The largest absolute Gasteiger partial charge is 0.380 e. The van der Waals surface area contributed by atoms with Crippen molar-refractivity contribution in [2.45, 2.75) is 6.42 Å². The normalized spacial score (nSPS) is 10.4. The van der Waals surface area contributed by atoms with Gasteiger partial charge in [-0.1, -0.05) is 0 Å². The first-order valence-corrected chi connectivity index (χ1v) is 5.66. The van der Waals surface area contributed by atoms with Gasteiger partial charge in [-0.25, -0.2) is 8.78 Å². The van der Waals surface area contributed by atoms with Crippen LogP contribution in [0, 0.1) is 11.6 Å². The van der Waals surface area contributed by atoms with E-state index in [0.717, 1.165) is 12.1 Å². The predicted octanol–water partition coefficient (Wildman–Crippen LogP) is 1.06. The second kappa shape index (κ2) is 7.73. The highest BCUT2D eigenvalue weighted by atomic mass is 19.1. The number of ether oxygens (including phenoxy) is 1. The second-order valence-corrected chi connectivity index (χ2v) is 3.63. The molecule has 0 unspecified atom stereocenters. The molecule has 0 saturated heterocycles. The van der Waals surface area contributed by atoms with Gasteiger partial charge in [-0.05, 0) is 18.6 Å². The lowest BCUT2D eigenvalue weighted by Gasteiger charge is -2.06. The quantitative estimate of drug-likeness (QED) is 0.719. The average Bonchev–Trinajstić information content (AvgIpc) is 2.33. The monoisotopic (exact) mass is 258 g/mol. The first-order chi connectivity index (χ1) is 8.65. The number of nitrogens with two attached hydrogens (primary N) is 1. The molecule has 0 radical (unpaired) electrons. The molecule has 0 atom stereocenters. The molecule has 4 nitrogen and oxygen atoms in total. The van der Waals surface area contributed by atoms with E-state index >= 15 is 0 Å². The Bertz CT molecular complexity index is 400. The molecule has 0 heterocycles. The first kappa shape index (κ1) is 14.5. The highest BCUT2D eigenvalue weighted by molar-refractivity contribution is 5.94. The maximum Gasteiger partial charge on any atom is 0.254 e. The maximum atomic E-state index is 13.2. The fraction of sp³-hybridized carbons (Fsp3) is 0.417. The van der Waals surface area contributed by atoms with E-state index < -0.39 is 17.5 Å². The fourth-order valence-corrected chi connectivity index (χ4v) is 1.33. The lowest BCUT2D eigenvalue weighted by atomic mass is 10.2. The molecule has 0 fully saturated rings. The van der Waals surface area contributed by atoms with E-state index in [9.17, 15) is 13.6 Å². The Morgan fingerprint density at radius 1 is 1.33 bits per heavy atom. The summed E-state index contributed by atoms with van der Waals surface area (Å²) in [5.74, 6) is -2.14. The highest BCUT2D eigenvalue weighted by Crippen LogP contribution is 2.09. The van der Waals surface area contributed by atoms with Gasteiger partial charge in [-0.3, -0.25) is 4.79 Å². The van der Waals surface area contributed by atoms with Gasteiger partial charge in [-0.15, -0.1) is 0 Å². The molecule has 1 aromatic carbocycles. The van der Waals surface area contributed by atoms with Crippen molar-refractivity contribution in [3.05, 3.63) is 35.4 Å². The minimum atomic E-state index is -0.869. The Morgan fingerprint density at radius 2 is 2.11 bits per heavy atom. The Hall–Kier alpha value is -1.53. The number of rotatable bonds is 7. The van der Waals surface area contributed by atoms with Crippen LogP contribution in [-0.2, 0) is 4.74 Å². The van der Waals surface area contributed by atoms with E-state index in [1.165, 1.54) is 0 Å². The molecule has 6 heteroatoms. The van der Waals surface area contributed by atoms with Gasteiger partial charge in [0.2, 0.25) is 0 Å². The number of carbonyl (C=O) groups excluding carboxylic acids is 1. The fourth-order valence-electron chi connectivity index (χ4n) is 1.33. The minimum absolute atomic E-state index is 0.167. The topological polar surface area (TPSA) is 64.3 Å². The summed E-state index contributed by atoms with van der Waals surface area (Å²) in [5.41, 5.74) is 5.06. The minimum Gasteiger partial charge on any atom is -0.380 e. The van der Waals surface area contributed by atoms with Gasteiger partial charge in [0.15, 0.2) is 0 Å². The molecule has 1 rings (SSSR count). The molecular formula is C12H16F2N2O2. The Balaban J connectivity index is 2.32. The van der Waals surface area contributed by atoms with Crippen LogP contribution in [-0.4, -0.2) is 32.2 Å². The average molecular weight is 258 g/mol. The van der Waals surface area contributed by atoms with Crippen LogP contribution in [0.2, 0.25) is 0 Å². The van der Waals surface area contributed by atoms with Gasteiger partial charge < -0.3 is 15.8 Å². The van der Waals surface area contributed by atoms with Crippen LogP contribution in [0.1, 0.15) is 16.8 Å². The van der Waals surface area contributed by atoms with Crippen molar-refractivity contribution in [2.24, 2.45) is 5.73 Å². The molecule has 0 aliphatic carbocycles. The molecule has 0 aliphatic heterocycles. The number of hydrogen-bond acceptors (Lipinski definition) is 3. The number of nitrogens with one attached hydrogen (secondary N) is 1. The van der Waals surface area contributed by atoms with Crippen LogP contribution in [0.3, 0.4) is 0 Å². The smallest absolute Gasteiger partial charge is 0.254 e. The third-order valence-electron chi connectivity index (χ3n) is 2.19. The van der Waals surface area contributed by atoms with Crippen LogP contribution < -0.4 is 11.1 Å². The predicted molar refractivity (Wildman–Crippen MR) is 63.2 cm³/mol. The number of hydrogen-bond donors (Lipinski definition) is 2. The molecule has 1 amide bonds. The third-order valence-corrected chi connectivity index (χ3v) is 2.19. The van der Waals surface area contributed by atoms with Crippen molar-refractivity contribution in [1.82, 2.24) is 5.32 Å². The zero-order chi connectivity index (χ0) is 13.4. The van der Waals surface area contributed by atoms with E-state index in [1.54, 1.807) is 0 Å². The van der Waals surface area contributed by atoms with Crippen molar-refractivity contribution in [2.75, 3.05) is 26.3 Å². The van der Waals surface area contributed by atoms with E-state index in [2.05, 4.69) is 5.32 Å². The van der Waals surface area contributed by atoms with Crippen molar-refractivity contribution in [3.8, 4) is 0 Å². The SMILES string of the molecule is NCCOCCCNC(=O)c1ccc(F)cc1F. The van der Waals surface area contributed by atoms with Crippen molar-refractivity contribution < 1.29 is 18.3 Å². The molecule has 0 aliphatic rings. The summed E-state index contributed by atoms with van der Waals surface area (Å²) in [5, 5.41) is 2.52. The Labute approximate surface area is 104 Å². The summed E-state index contributed by atoms with van der Waals surface area (Å²) in [6.07, 6.45) is 0.606. The van der Waals surface area contributed by atoms with Gasteiger partial charge in [0.25, 0.3) is 5.91 Å². The highest BCUT2D eigenvalue weighted by Gasteiger charge is 2.11. The first-order valence-electron chi connectivity index (χ1n) is 5.66.